The molecule has 0 saturated carbocycles. The molecule has 2 aromatic rings. The first-order valence-electron chi connectivity index (χ1n) is 7.73. The van der Waals surface area contributed by atoms with E-state index in [1.807, 2.05) is 36.4 Å². The van der Waals surface area contributed by atoms with Crippen molar-refractivity contribution in [1.82, 2.24) is 10.1 Å². The lowest BCUT2D eigenvalue weighted by atomic mass is 10.2. The summed E-state index contributed by atoms with van der Waals surface area (Å²) >= 11 is 6.39. The van der Waals surface area contributed by atoms with Gasteiger partial charge in [0, 0.05) is 6.07 Å². The summed E-state index contributed by atoms with van der Waals surface area (Å²) in [6.45, 7) is 1.55. The number of anilines is 1. The Kier molecular flexibility index (Phi) is 5.65. The summed E-state index contributed by atoms with van der Waals surface area (Å²) in [5.74, 6) is 0.207. The molecule has 0 aliphatic carbocycles. The summed E-state index contributed by atoms with van der Waals surface area (Å²) in [4.78, 5) is 26.3. The summed E-state index contributed by atoms with van der Waals surface area (Å²) in [6.07, 6.45) is 5.39. The van der Waals surface area contributed by atoms with Gasteiger partial charge in [0.1, 0.15) is 16.6 Å². The predicted molar refractivity (Wildman–Crippen MR) is 105 cm³/mol. The molecule has 1 aliphatic heterocycles. The third-order valence-electron chi connectivity index (χ3n) is 3.41. The van der Waals surface area contributed by atoms with Crippen LogP contribution in [0.2, 0.25) is 0 Å². The number of amides is 2. The molecule has 0 unspecified atom stereocenters. The first-order chi connectivity index (χ1) is 12.5. The zero-order valence-electron chi connectivity index (χ0n) is 13.8. The predicted octanol–water partition coefficient (Wildman–Crippen LogP) is 3.38. The van der Waals surface area contributed by atoms with Crippen LogP contribution in [0, 0.1) is 6.92 Å². The smallest absolute Gasteiger partial charge is 0.266 e. The van der Waals surface area contributed by atoms with Crippen LogP contribution in [0.5, 0.6) is 0 Å². The topological polar surface area (TPSA) is 75.4 Å². The molecule has 0 bridgehead atoms. The summed E-state index contributed by atoms with van der Waals surface area (Å²) in [7, 11) is 0. The molecule has 3 rings (SSSR count). The zero-order chi connectivity index (χ0) is 18.5. The maximum atomic E-state index is 12.5. The van der Waals surface area contributed by atoms with Crippen LogP contribution >= 0.6 is 24.0 Å². The number of benzene rings is 1. The van der Waals surface area contributed by atoms with Crippen molar-refractivity contribution in [3.8, 4) is 0 Å². The second-order valence-corrected chi connectivity index (χ2v) is 7.11. The Morgan fingerprint density at radius 1 is 1.38 bits per heavy atom. The average molecular weight is 385 g/mol. The van der Waals surface area contributed by atoms with Gasteiger partial charge in [0.05, 0.1) is 4.91 Å². The number of thiocarbonyl (C=S) groups is 1. The highest BCUT2D eigenvalue weighted by Gasteiger charge is 2.33. The van der Waals surface area contributed by atoms with E-state index < -0.39 is 5.91 Å². The van der Waals surface area contributed by atoms with Gasteiger partial charge in [-0.25, -0.2) is 0 Å². The number of aryl methyl sites for hydroxylation is 1. The van der Waals surface area contributed by atoms with Gasteiger partial charge in [-0.2, -0.15) is 0 Å². The van der Waals surface area contributed by atoms with Crippen LogP contribution in [0.1, 0.15) is 11.3 Å². The highest BCUT2D eigenvalue weighted by atomic mass is 32.2. The molecule has 1 aliphatic rings. The van der Waals surface area contributed by atoms with Gasteiger partial charge in [0.2, 0.25) is 5.91 Å². The summed E-state index contributed by atoms with van der Waals surface area (Å²) in [5, 5.41) is 6.25. The third-order valence-corrected chi connectivity index (χ3v) is 4.80. The van der Waals surface area contributed by atoms with E-state index in [1.54, 1.807) is 25.1 Å². The number of aromatic nitrogens is 1. The van der Waals surface area contributed by atoms with Gasteiger partial charge in [-0.05, 0) is 18.6 Å². The number of hydrogen-bond donors (Lipinski definition) is 1. The molecule has 2 amide bonds. The van der Waals surface area contributed by atoms with E-state index in [0.717, 1.165) is 5.56 Å². The molecule has 26 heavy (non-hydrogen) atoms. The van der Waals surface area contributed by atoms with Crippen LogP contribution < -0.4 is 5.32 Å². The Labute approximate surface area is 159 Å². The monoisotopic (exact) mass is 385 g/mol. The van der Waals surface area contributed by atoms with E-state index in [1.165, 1.54) is 16.7 Å². The average Bonchev–Trinajstić information content (AvgIpc) is 3.14. The summed E-state index contributed by atoms with van der Waals surface area (Å²) < 4.78 is 5.23. The molecule has 0 radical (unpaired) electrons. The van der Waals surface area contributed by atoms with E-state index in [-0.39, 0.29) is 12.5 Å². The molecule has 0 spiro atoms. The minimum atomic E-state index is -0.393. The second-order valence-electron chi connectivity index (χ2n) is 5.43. The first-order valence-corrected chi connectivity index (χ1v) is 8.95. The van der Waals surface area contributed by atoms with Crippen LogP contribution in [0.4, 0.5) is 5.82 Å². The Morgan fingerprint density at radius 2 is 2.15 bits per heavy atom. The van der Waals surface area contributed by atoms with Crippen molar-refractivity contribution in [2.24, 2.45) is 0 Å². The maximum Gasteiger partial charge on any atom is 0.266 e. The minimum Gasteiger partial charge on any atom is -0.360 e. The zero-order valence-corrected chi connectivity index (χ0v) is 15.5. The van der Waals surface area contributed by atoms with Crippen LogP contribution in [0.15, 0.2) is 58.0 Å². The Morgan fingerprint density at radius 3 is 2.85 bits per heavy atom. The summed E-state index contributed by atoms with van der Waals surface area (Å²) in [6, 6.07) is 11.3. The van der Waals surface area contributed by atoms with Gasteiger partial charge in [0.25, 0.3) is 5.91 Å². The number of carbonyl (C=O) groups is 2. The maximum absolute atomic E-state index is 12.5. The van der Waals surface area contributed by atoms with Crippen LogP contribution in [0.3, 0.4) is 0 Å². The molecule has 8 heteroatoms. The Hall–Kier alpha value is -2.71. The number of thioether (sulfide) groups is 1. The van der Waals surface area contributed by atoms with Gasteiger partial charge < -0.3 is 9.84 Å². The number of hydrogen-bond acceptors (Lipinski definition) is 6. The molecule has 1 aromatic carbocycles. The van der Waals surface area contributed by atoms with Crippen molar-refractivity contribution >= 4 is 52.0 Å². The van der Waals surface area contributed by atoms with E-state index in [0.29, 0.717) is 20.8 Å². The fourth-order valence-electron chi connectivity index (χ4n) is 2.21. The van der Waals surface area contributed by atoms with Gasteiger partial charge in [-0.15, -0.1) is 0 Å². The van der Waals surface area contributed by atoms with Crippen LogP contribution in [-0.4, -0.2) is 32.7 Å². The molecule has 1 aromatic heterocycles. The number of nitrogens with one attached hydrogen (secondary N) is 1. The lowest BCUT2D eigenvalue weighted by Gasteiger charge is -2.13. The fraction of sp³-hybridized carbons (Fsp3) is 0.111. The van der Waals surface area contributed by atoms with Gasteiger partial charge in [-0.3, -0.25) is 14.5 Å². The Bertz CT molecular complexity index is 903. The van der Waals surface area contributed by atoms with Crippen molar-refractivity contribution in [3.05, 3.63) is 64.8 Å². The van der Waals surface area contributed by atoms with Gasteiger partial charge >= 0.3 is 0 Å². The molecule has 1 fully saturated rings. The molecular weight excluding hydrogens is 370 g/mol. The van der Waals surface area contributed by atoms with Gasteiger partial charge in [0.15, 0.2) is 5.82 Å². The van der Waals surface area contributed by atoms with Crippen molar-refractivity contribution in [1.29, 1.82) is 0 Å². The largest absolute Gasteiger partial charge is 0.360 e. The molecular formula is C18H15N3O3S2. The highest BCUT2D eigenvalue weighted by Crippen LogP contribution is 2.30. The highest BCUT2D eigenvalue weighted by molar-refractivity contribution is 8.26. The van der Waals surface area contributed by atoms with E-state index >= 15 is 0 Å². The van der Waals surface area contributed by atoms with Crippen molar-refractivity contribution < 1.29 is 14.1 Å². The number of allylic oxidation sites excluding steroid dienone is 2. The standard InChI is InChI=1S/C18H15N3O3S2/c1-12-10-15(20-24-12)19-16(22)11-21-17(23)14(26-18(21)25)9-5-8-13-6-3-2-4-7-13/h2-10H,11H2,1H3,(H,19,20,22). The molecule has 132 valence electrons. The second kappa shape index (κ2) is 8.11. The van der Waals surface area contributed by atoms with Gasteiger partial charge in [-0.1, -0.05) is 71.6 Å². The van der Waals surface area contributed by atoms with Crippen LogP contribution in [0.25, 0.3) is 6.08 Å². The van der Waals surface area contributed by atoms with E-state index in [2.05, 4.69) is 10.5 Å². The molecule has 1 N–H and O–H groups in total. The number of nitrogens with zero attached hydrogens (tertiary/aromatic N) is 2. The number of carbonyl (C=O) groups excluding carboxylic acids is 2. The van der Waals surface area contributed by atoms with E-state index in [9.17, 15) is 9.59 Å². The lowest BCUT2D eigenvalue weighted by molar-refractivity contribution is -0.126. The van der Waals surface area contributed by atoms with Crippen molar-refractivity contribution in [2.75, 3.05) is 11.9 Å². The fourth-order valence-corrected chi connectivity index (χ4v) is 3.42. The Balaban J connectivity index is 1.62. The molecule has 1 saturated heterocycles. The lowest BCUT2D eigenvalue weighted by Crippen LogP contribution is -2.36. The van der Waals surface area contributed by atoms with Crippen molar-refractivity contribution in [3.63, 3.8) is 0 Å². The minimum absolute atomic E-state index is 0.170. The molecule has 2 heterocycles. The third kappa shape index (κ3) is 4.47. The molecule has 6 nitrogen and oxygen atoms in total. The SMILES string of the molecule is Cc1cc(NC(=O)CN2C(=O)C(=CC=Cc3ccccc3)SC2=S)no1. The van der Waals surface area contributed by atoms with Crippen molar-refractivity contribution in [2.45, 2.75) is 6.92 Å². The number of rotatable bonds is 5. The van der Waals surface area contributed by atoms with E-state index in [4.69, 9.17) is 16.7 Å². The quantitative estimate of drug-likeness (QED) is 0.628. The van der Waals surface area contributed by atoms with Crippen LogP contribution in [-0.2, 0) is 9.59 Å². The summed E-state index contributed by atoms with van der Waals surface area (Å²) in [5.41, 5.74) is 1.03. The normalized spacial score (nSPS) is 16.0. The molecule has 0 atom stereocenters. The first kappa shape index (κ1) is 18.1.